The van der Waals surface area contributed by atoms with Gasteiger partial charge < -0.3 is 15.0 Å². The van der Waals surface area contributed by atoms with E-state index >= 15 is 0 Å². The van der Waals surface area contributed by atoms with Crippen molar-refractivity contribution in [3.63, 3.8) is 0 Å². The Balaban J connectivity index is 1.19. The van der Waals surface area contributed by atoms with Gasteiger partial charge in [0.1, 0.15) is 11.2 Å². The van der Waals surface area contributed by atoms with Crippen LogP contribution >= 0.6 is 39.1 Å². The van der Waals surface area contributed by atoms with Gasteiger partial charge in [-0.1, -0.05) is 35.3 Å². The number of imide groups is 1. The second-order valence-electron chi connectivity index (χ2n) is 9.92. The number of fused-ring (bicyclic) bond motifs is 1. The van der Waals surface area contributed by atoms with Gasteiger partial charge in [0.25, 0.3) is 0 Å². The first kappa shape index (κ1) is 31.2. The van der Waals surface area contributed by atoms with E-state index in [1.54, 1.807) is 55.6 Å². The zero-order valence-corrected chi connectivity index (χ0v) is 26.7. The molecule has 0 spiro atoms. The van der Waals surface area contributed by atoms with E-state index in [0.29, 0.717) is 38.9 Å². The van der Waals surface area contributed by atoms with Gasteiger partial charge in [0.2, 0.25) is 23.6 Å². The van der Waals surface area contributed by atoms with Crippen LogP contribution in [0.5, 0.6) is 5.75 Å². The summed E-state index contributed by atoms with van der Waals surface area (Å²) in [5.74, 6) is -0.819. The molecular weight excluding hydrogens is 673 g/mol. The van der Waals surface area contributed by atoms with Gasteiger partial charge in [-0.05, 0) is 70.9 Å². The average Bonchev–Trinajstić information content (AvgIpc) is 3.51. The van der Waals surface area contributed by atoms with Crippen LogP contribution in [-0.4, -0.2) is 46.6 Å². The van der Waals surface area contributed by atoms with Crippen LogP contribution in [-0.2, 0) is 25.8 Å². The largest absolute Gasteiger partial charge is 0.485 e. The number of ether oxygens (including phenoxy) is 1. The third-order valence-corrected chi connectivity index (χ3v) is 8.76. The van der Waals surface area contributed by atoms with Gasteiger partial charge in [-0.2, -0.15) is 0 Å². The Bertz CT molecular complexity index is 1810. The van der Waals surface area contributed by atoms with Crippen LogP contribution in [0.2, 0.25) is 10.0 Å². The first-order valence-corrected chi connectivity index (χ1v) is 15.0. The van der Waals surface area contributed by atoms with Crippen molar-refractivity contribution < 1.29 is 23.9 Å². The number of benzene rings is 2. The summed E-state index contributed by atoms with van der Waals surface area (Å²) >= 11 is 16.7. The smallest absolute Gasteiger partial charge is 0.246 e. The van der Waals surface area contributed by atoms with Crippen molar-refractivity contribution in [3.05, 3.63) is 92.3 Å². The van der Waals surface area contributed by atoms with Crippen LogP contribution in [0.15, 0.2) is 65.4 Å². The fourth-order valence-corrected chi connectivity index (χ4v) is 5.59. The summed E-state index contributed by atoms with van der Waals surface area (Å²) in [5, 5.41) is 3.18. The zero-order chi connectivity index (χ0) is 31.5. The van der Waals surface area contributed by atoms with E-state index in [-0.39, 0.29) is 42.8 Å². The second-order valence-corrected chi connectivity index (χ2v) is 11.5. The van der Waals surface area contributed by atoms with E-state index in [2.05, 4.69) is 26.2 Å². The van der Waals surface area contributed by atoms with E-state index in [1.165, 1.54) is 11.0 Å². The minimum Gasteiger partial charge on any atom is -0.485 e. The predicted molar refractivity (Wildman–Crippen MR) is 172 cm³/mol. The fourth-order valence-electron chi connectivity index (χ4n) is 4.61. The highest BCUT2D eigenvalue weighted by atomic mass is 79.9. The van der Waals surface area contributed by atoms with Crippen LogP contribution < -0.4 is 19.9 Å². The summed E-state index contributed by atoms with van der Waals surface area (Å²) in [4.78, 5) is 56.2. The van der Waals surface area contributed by atoms with Crippen molar-refractivity contribution in [1.82, 2.24) is 14.7 Å². The molecule has 1 fully saturated rings. The van der Waals surface area contributed by atoms with Crippen LogP contribution in [0.25, 0.3) is 11.7 Å². The predicted octanol–water partition coefficient (Wildman–Crippen LogP) is 5.74. The van der Waals surface area contributed by atoms with Gasteiger partial charge in [-0.25, -0.2) is 4.98 Å². The molecule has 2 aromatic heterocycles. The highest BCUT2D eigenvalue weighted by molar-refractivity contribution is 9.10. The Kier molecular flexibility index (Phi) is 9.38. The zero-order valence-electron chi connectivity index (χ0n) is 23.6. The van der Waals surface area contributed by atoms with Crippen molar-refractivity contribution >= 4 is 85.9 Å². The summed E-state index contributed by atoms with van der Waals surface area (Å²) < 4.78 is 8.72. The molecule has 3 heterocycles. The fraction of sp³-hybridized carbons (Fsp3) is 0.194. The quantitative estimate of drug-likeness (QED) is 0.176. The monoisotopic (exact) mass is 697 g/mol. The lowest BCUT2D eigenvalue weighted by molar-refractivity contribution is -0.122. The molecule has 4 aromatic rings. The Hall–Kier alpha value is -4.19. The minimum absolute atomic E-state index is 0.0316. The minimum atomic E-state index is -0.480. The van der Waals surface area contributed by atoms with Gasteiger partial charge in [-0.3, -0.25) is 28.5 Å². The molecule has 1 aliphatic rings. The molecule has 4 amide bonds. The molecule has 226 valence electrons. The first-order valence-electron chi connectivity index (χ1n) is 13.5. The van der Waals surface area contributed by atoms with Crippen LogP contribution in [0.1, 0.15) is 29.7 Å². The maximum Gasteiger partial charge on any atom is 0.246 e. The van der Waals surface area contributed by atoms with Crippen molar-refractivity contribution in [2.45, 2.75) is 26.4 Å². The van der Waals surface area contributed by atoms with Crippen LogP contribution in [0.4, 0.5) is 11.4 Å². The third-order valence-electron chi connectivity index (χ3n) is 7.03. The molecule has 0 aliphatic carbocycles. The number of hydrogen-bond acceptors (Lipinski definition) is 6. The van der Waals surface area contributed by atoms with E-state index in [1.807, 2.05) is 23.6 Å². The van der Waals surface area contributed by atoms with Crippen molar-refractivity contribution in [1.29, 1.82) is 0 Å². The van der Waals surface area contributed by atoms with Crippen LogP contribution in [0.3, 0.4) is 0 Å². The molecule has 0 bridgehead atoms. The molecule has 13 heteroatoms. The highest BCUT2D eigenvalue weighted by Gasteiger charge is 2.30. The topological polar surface area (TPSA) is 113 Å². The number of anilines is 2. The Labute approximate surface area is 271 Å². The van der Waals surface area contributed by atoms with E-state index in [0.717, 1.165) is 15.2 Å². The van der Waals surface area contributed by atoms with Crippen LogP contribution in [0, 0.1) is 6.92 Å². The molecule has 1 N–H and O–H groups in total. The summed E-state index contributed by atoms with van der Waals surface area (Å²) in [6.07, 6.45) is 5.13. The van der Waals surface area contributed by atoms with E-state index in [4.69, 9.17) is 27.9 Å². The molecule has 0 radical (unpaired) electrons. The maximum atomic E-state index is 12.9. The number of pyridine rings is 1. The van der Waals surface area contributed by atoms with Crippen molar-refractivity contribution in [2.75, 3.05) is 23.4 Å². The lowest BCUT2D eigenvalue weighted by Gasteiger charge is -2.21. The number of hydrogen-bond donors (Lipinski definition) is 1. The van der Waals surface area contributed by atoms with E-state index in [9.17, 15) is 19.2 Å². The SMILES string of the molecule is Cc1nc2c(OCc3c(Cl)ccc(N(C)C(=O)CNC(=O)/C=C/c4ccc(N5C(=O)CCC5=O)cc4)c3Cl)cccn2c1Br. The number of imidazole rings is 1. The number of aromatic nitrogens is 2. The van der Waals surface area contributed by atoms with E-state index < -0.39 is 11.8 Å². The molecule has 0 atom stereocenters. The number of carbonyl (C=O) groups is 4. The number of rotatable bonds is 9. The molecule has 1 aliphatic heterocycles. The lowest BCUT2D eigenvalue weighted by atomic mass is 10.2. The molecule has 0 unspecified atom stereocenters. The summed E-state index contributed by atoms with van der Waals surface area (Å²) in [7, 11) is 1.55. The molecule has 2 aromatic carbocycles. The first-order chi connectivity index (χ1) is 21.0. The molecular formula is C31H26BrCl2N5O5. The standard InChI is InChI=1S/C31H26BrCl2N5O5/c1-18-30(32)38-15-3-4-24(31(38)36-18)44-17-21-22(33)10-11-23(29(21)34)37(2)28(43)16-35-25(40)12-7-19-5-8-20(9-6-19)39-26(41)13-14-27(39)42/h3-12,15H,13-14,16-17H2,1-2H3,(H,35,40)/b12-7+. The average molecular weight is 699 g/mol. The summed E-state index contributed by atoms with van der Waals surface area (Å²) in [6, 6.07) is 13.5. The number of nitrogens with one attached hydrogen (secondary N) is 1. The number of halogens is 3. The number of likely N-dealkylation sites (N-methyl/N-ethyl adjacent to an activating group) is 1. The van der Waals surface area contributed by atoms with Crippen molar-refractivity contribution in [2.24, 2.45) is 0 Å². The maximum absolute atomic E-state index is 12.9. The number of nitrogens with zero attached hydrogens (tertiary/aromatic N) is 4. The van der Waals surface area contributed by atoms with Crippen molar-refractivity contribution in [3.8, 4) is 5.75 Å². The Morgan fingerprint density at radius 3 is 2.50 bits per heavy atom. The second kappa shape index (κ2) is 13.2. The summed E-state index contributed by atoms with van der Waals surface area (Å²) in [6.45, 7) is 1.63. The number of amides is 4. The third kappa shape index (κ3) is 6.50. The molecule has 44 heavy (non-hydrogen) atoms. The molecule has 0 saturated carbocycles. The Morgan fingerprint density at radius 2 is 1.80 bits per heavy atom. The molecule has 5 rings (SSSR count). The van der Waals surface area contributed by atoms with Gasteiger partial charge in [0, 0.05) is 42.7 Å². The normalized spacial score (nSPS) is 13.2. The molecule has 10 nitrogen and oxygen atoms in total. The van der Waals surface area contributed by atoms with Gasteiger partial charge in [0.05, 0.1) is 28.6 Å². The van der Waals surface area contributed by atoms with Gasteiger partial charge in [0.15, 0.2) is 11.4 Å². The van der Waals surface area contributed by atoms with Gasteiger partial charge in [-0.15, -0.1) is 0 Å². The number of carbonyl (C=O) groups excluding carboxylic acids is 4. The molecule has 1 saturated heterocycles. The lowest BCUT2D eigenvalue weighted by Crippen LogP contribution is -2.37. The van der Waals surface area contributed by atoms with Gasteiger partial charge >= 0.3 is 0 Å². The Morgan fingerprint density at radius 1 is 1.09 bits per heavy atom. The summed E-state index contributed by atoms with van der Waals surface area (Å²) in [5.41, 5.74) is 3.50. The number of aryl methyl sites for hydroxylation is 1. The highest BCUT2D eigenvalue weighted by Crippen LogP contribution is 2.35.